The zero-order valence-electron chi connectivity index (χ0n) is 13.5. The number of nitrogens with one attached hydrogen (secondary N) is 1. The van der Waals surface area contributed by atoms with Gasteiger partial charge >= 0.3 is 0 Å². The molecule has 3 unspecified atom stereocenters. The number of aliphatic hydroxyl groups excluding tert-OH is 1. The van der Waals surface area contributed by atoms with Gasteiger partial charge in [0, 0.05) is 23.6 Å². The topological polar surface area (TPSA) is 50.7 Å². The normalized spacial score (nSPS) is 19.8. The molecule has 1 aliphatic heterocycles. The van der Waals surface area contributed by atoms with E-state index in [1.54, 1.807) is 0 Å². The highest BCUT2D eigenvalue weighted by molar-refractivity contribution is 5.50. The molecule has 1 aliphatic rings. The Balaban J connectivity index is 2.33. The van der Waals surface area contributed by atoms with E-state index in [0.29, 0.717) is 12.6 Å². The zero-order chi connectivity index (χ0) is 15.4. The molecular weight excluding hydrogens is 266 g/mol. The SMILES string of the molecule is CCOc1cc2c(cc1C(CO)NC(C)CC)OC(C)C2. The van der Waals surface area contributed by atoms with Gasteiger partial charge in [0.1, 0.15) is 17.6 Å². The van der Waals surface area contributed by atoms with Gasteiger partial charge in [0.15, 0.2) is 0 Å². The van der Waals surface area contributed by atoms with Crippen molar-refractivity contribution in [1.29, 1.82) is 0 Å². The molecule has 0 saturated heterocycles. The Morgan fingerprint density at radius 2 is 2.19 bits per heavy atom. The summed E-state index contributed by atoms with van der Waals surface area (Å²) in [6.07, 6.45) is 2.14. The first kappa shape index (κ1) is 16.1. The predicted molar refractivity (Wildman–Crippen MR) is 84.1 cm³/mol. The lowest BCUT2D eigenvalue weighted by atomic mass is 10.0. The van der Waals surface area contributed by atoms with Crippen molar-refractivity contribution in [3.05, 3.63) is 23.3 Å². The van der Waals surface area contributed by atoms with E-state index in [4.69, 9.17) is 9.47 Å². The van der Waals surface area contributed by atoms with Crippen molar-refractivity contribution in [2.45, 2.75) is 58.7 Å². The van der Waals surface area contributed by atoms with Crippen LogP contribution < -0.4 is 14.8 Å². The van der Waals surface area contributed by atoms with Gasteiger partial charge in [-0.25, -0.2) is 0 Å². The Kier molecular flexibility index (Phi) is 5.48. The van der Waals surface area contributed by atoms with Gasteiger partial charge in [-0.1, -0.05) is 6.92 Å². The molecular formula is C17H27NO3. The number of hydrogen-bond acceptors (Lipinski definition) is 4. The van der Waals surface area contributed by atoms with E-state index < -0.39 is 0 Å². The fraction of sp³-hybridized carbons (Fsp3) is 0.647. The van der Waals surface area contributed by atoms with E-state index in [2.05, 4.69) is 32.2 Å². The molecule has 4 nitrogen and oxygen atoms in total. The summed E-state index contributed by atoms with van der Waals surface area (Å²) in [6.45, 7) is 8.95. The summed E-state index contributed by atoms with van der Waals surface area (Å²) in [7, 11) is 0. The van der Waals surface area contributed by atoms with Crippen LogP contribution in [0.25, 0.3) is 0 Å². The standard InChI is InChI=1S/C17H27NO3/c1-5-11(3)18-15(10-19)14-9-16-13(7-12(4)21-16)8-17(14)20-6-2/h8-9,11-12,15,18-19H,5-7,10H2,1-4H3. The molecule has 118 valence electrons. The van der Waals surface area contributed by atoms with Crippen LogP contribution in [-0.4, -0.2) is 30.5 Å². The van der Waals surface area contributed by atoms with E-state index in [-0.39, 0.29) is 18.8 Å². The van der Waals surface area contributed by atoms with Gasteiger partial charge in [0.25, 0.3) is 0 Å². The highest BCUT2D eigenvalue weighted by Crippen LogP contribution is 2.37. The molecule has 3 atom stereocenters. The van der Waals surface area contributed by atoms with Crippen LogP contribution in [0.15, 0.2) is 12.1 Å². The average Bonchev–Trinajstić information content (AvgIpc) is 2.83. The van der Waals surface area contributed by atoms with Crippen molar-refractivity contribution < 1.29 is 14.6 Å². The first-order chi connectivity index (χ1) is 10.1. The highest BCUT2D eigenvalue weighted by atomic mass is 16.5. The largest absolute Gasteiger partial charge is 0.494 e. The molecule has 0 saturated carbocycles. The van der Waals surface area contributed by atoms with Crippen molar-refractivity contribution >= 4 is 0 Å². The van der Waals surface area contributed by atoms with Gasteiger partial charge in [0.2, 0.25) is 0 Å². The Hall–Kier alpha value is -1.26. The highest BCUT2D eigenvalue weighted by Gasteiger charge is 2.25. The zero-order valence-corrected chi connectivity index (χ0v) is 13.5. The molecule has 0 aromatic heterocycles. The third-order valence-corrected chi connectivity index (χ3v) is 3.98. The van der Waals surface area contributed by atoms with Crippen LogP contribution in [0, 0.1) is 0 Å². The summed E-state index contributed by atoms with van der Waals surface area (Å²) in [5, 5.41) is 13.2. The van der Waals surface area contributed by atoms with Crippen LogP contribution in [0.3, 0.4) is 0 Å². The minimum absolute atomic E-state index is 0.0404. The van der Waals surface area contributed by atoms with Crippen LogP contribution in [0.4, 0.5) is 0 Å². The summed E-state index contributed by atoms with van der Waals surface area (Å²) in [4.78, 5) is 0. The quantitative estimate of drug-likeness (QED) is 0.811. The van der Waals surface area contributed by atoms with Gasteiger partial charge in [-0.2, -0.15) is 0 Å². The number of aliphatic hydroxyl groups is 1. The Morgan fingerprint density at radius 1 is 1.43 bits per heavy atom. The molecule has 0 aliphatic carbocycles. The van der Waals surface area contributed by atoms with Crippen molar-refractivity contribution in [3.8, 4) is 11.5 Å². The number of rotatable bonds is 7. The third-order valence-electron chi connectivity index (χ3n) is 3.98. The number of benzene rings is 1. The monoisotopic (exact) mass is 293 g/mol. The van der Waals surface area contributed by atoms with Crippen molar-refractivity contribution in [1.82, 2.24) is 5.32 Å². The molecule has 0 bridgehead atoms. The second kappa shape index (κ2) is 7.14. The molecule has 1 aromatic rings. The van der Waals surface area contributed by atoms with E-state index in [0.717, 1.165) is 29.9 Å². The predicted octanol–water partition coefficient (Wildman–Crippen LogP) is 2.83. The van der Waals surface area contributed by atoms with Crippen molar-refractivity contribution in [2.75, 3.05) is 13.2 Å². The second-order valence-electron chi connectivity index (χ2n) is 5.77. The van der Waals surface area contributed by atoms with Gasteiger partial charge < -0.3 is 19.9 Å². The number of ether oxygens (including phenoxy) is 2. The van der Waals surface area contributed by atoms with E-state index in [1.807, 2.05) is 13.0 Å². The minimum atomic E-state index is -0.133. The van der Waals surface area contributed by atoms with Crippen molar-refractivity contribution in [3.63, 3.8) is 0 Å². The van der Waals surface area contributed by atoms with Gasteiger partial charge in [-0.15, -0.1) is 0 Å². The molecule has 2 rings (SSSR count). The first-order valence-corrected chi connectivity index (χ1v) is 7.92. The molecule has 4 heteroatoms. The fourth-order valence-electron chi connectivity index (χ4n) is 2.71. The molecule has 2 N–H and O–H groups in total. The van der Waals surface area contributed by atoms with Crippen LogP contribution in [0.5, 0.6) is 11.5 Å². The van der Waals surface area contributed by atoms with Gasteiger partial charge in [0.05, 0.1) is 19.3 Å². The molecule has 1 aromatic carbocycles. The Bertz CT molecular complexity index is 475. The van der Waals surface area contributed by atoms with E-state index in [1.165, 1.54) is 5.56 Å². The summed E-state index contributed by atoms with van der Waals surface area (Å²) in [5.74, 6) is 1.77. The minimum Gasteiger partial charge on any atom is -0.494 e. The number of hydrogen-bond donors (Lipinski definition) is 2. The average molecular weight is 293 g/mol. The summed E-state index contributed by atoms with van der Waals surface area (Å²) < 4.78 is 11.6. The van der Waals surface area contributed by atoms with Crippen LogP contribution >= 0.6 is 0 Å². The Labute approximate surface area is 127 Å². The van der Waals surface area contributed by atoms with Crippen LogP contribution in [0.2, 0.25) is 0 Å². The maximum absolute atomic E-state index is 9.76. The summed E-state index contributed by atoms with van der Waals surface area (Å²) >= 11 is 0. The molecule has 0 fully saturated rings. The van der Waals surface area contributed by atoms with E-state index in [9.17, 15) is 5.11 Å². The third kappa shape index (κ3) is 3.69. The smallest absolute Gasteiger partial charge is 0.124 e. The fourth-order valence-corrected chi connectivity index (χ4v) is 2.71. The molecule has 0 amide bonds. The summed E-state index contributed by atoms with van der Waals surface area (Å²) in [6, 6.07) is 4.30. The molecule has 0 spiro atoms. The first-order valence-electron chi connectivity index (χ1n) is 7.92. The summed E-state index contributed by atoms with van der Waals surface area (Å²) in [5.41, 5.74) is 2.17. The van der Waals surface area contributed by atoms with Crippen LogP contribution in [0.1, 0.15) is 51.3 Å². The van der Waals surface area contributed by atoms with Crippen molar-refractivity contribution in [2.24, 2.45) is 0 Å². The maximum atomic E-state index is 9.76. The lowest BCUT2D eigenvalue weighted by Crippen LogP contribution is -2.32. The van der Waals surface area contributed by atoms with Gasteiger partial charge in [-0.05, 0) is 39.3 Å². The molecule has 21 heavy (non-hydrogen) atoms. The Morgan fingerprint density at radius 3 is 2.81 bits per heavy atom. The van der Waals surface area contributed by atoms with Crippen LogP contribution in [-0.2, 0) is 6.42 Å². The maximum Gasteiger partial charge on any atom is 0.124 e. The molecule has 0 radical (unpaired) electrons. The van der Waals surface area contributed by atoms with E-state index >= 15 is 0 Å². The second-order valence-corrected chi connectivity index (χ2v) is 5.77. The lowest BCUT2D eigenvalue weighted by Gasteiger charge is -2.24. The number of fused-ring (bicyclic) bond motifs is 1. The molecule has 1 heterocycles. The lowest BCUT2D eigenvalue weighted by molar-refractivity contribution is 0.227. The van der Waals surface area contributed by atoms with Gasteiger partial charge in [-0.3, -0.25) is 0 Å².